The third-order valence-corrected chi connectivity index (χ3v) is 3.98. The maximum Gasteiger partial charge on any atom is 0.281 e. The van der Waals surface area contributed by atoms with E-state index in [0.717, 1.165) is 0 Å². The Morgan fingerprint density at radius 1 is 1.29 bits per heavy atom. The van der Waals surface area contributed by atoms with Crippen molar-refractivity contribution >= 4 is 21.4 Å². The molecule has 0 saturated carbocycles. The first-order chi connectivity index (χ1) is 10.1. The number of anilines is 2. The van der Waals surface area contributed by atoms with E-state index < -0.39 is 10.0 Å². The Kier molecular flexibility index (Phi) is 4.40. The third-order valence-electron chi connectivity index (χ3n) is 2.64. The van der Waals surface area contributed by atoms with Crippen LogP contribution >= 0.6 is 0 Å². The summed E-state index contributed by atoms with van der Waals surface area (Å²) in [7, 11) is -3.82. The van der Waals surface area contributed by atoms with Gasteiger partial charge in [0.15, 0.2) is 5.03 Å². The van der Waals surface area contributed by atoms with Gasteiger partial charge in [-0.2, -0.15) is 13.7 Å². The molecule has 0 saturated heterocycles. The first kappa shape index (κ1) is 14.8. The van der Waals surface area contributed by atoms with Crippen molar-refractivity contribution in [3.05, 3.63) is 48.2 Å². The van der Waals surface area contributed by atoms with Gasteiger partial charge in [-0.15, -0.1) is 0 Å². The van der Waals surface area contributed by atoms with Gasteiger partial charge >= 0.3 is 0 Å². The van der Waals surface area contributed by atoms with Gasteiger partial charge < -0.3 is 5.32 Å². The molecule has 0 aliphatic carbocycles. The summed E-state index contributed by atoms with van der Waals surface area (Å²) in [6.07, 6.45) is 1.42. The summed E-state index contributed by atoms with van der Waals surface area (Å²) in [6, 6.07) is 11.5. The van der Waals surface area contributed by atoms with Crippen molar-refractivity contribution in [2.45, 2.75) is 11.9 Å². The standard InChI is InChI=1S/C14H14N4O2S/c1-2-16-13-7-4-8-17-14(13)21(19,20)18-12-6-3-5-11(9-12)10-15/h3-9,16,18H,2H2,1H3. The highest BCUT2D eigenvalue weighted by Gasteiger charge is 2.20. The summed E-state index contributed by atoms with van der Waals surface area (Å²) in [5.74, 6) is 0. The summed E-state index contributed by atoms with van der Waals surface area (Å²) in [5, 5.41) is 11.7. The van der Waals surface area contributed by atoms with Crippen LogP contribution in [0.5, 0.6) is 0 Å². The van der Waals surface area contributed by atoms with Gasteiger partial charge in [0.05, 0.1) is 23.0 Å². The number of hydrogen-bond donors (Lipinski definition) is 2. The number of aromatic nitrogens is 1. The van der Waals surface area contributed by atoms with E-state index in [1.807, 2.05) is 13.0 Å². The van der Waals surface area contributed by atoms with Gasteiger partial charge in [0.1, 0.15) is 0 Å². The maximum atomic E-state index is 12.4. The topological polar surface area (TPSA) is 94.9 Å². The molecule has 2 aromatic rings. The molecule has 0 fully saturated rings. The fourth-order valence-electron chi connectivity index (χ4n) is 1.79. The molecule has 1 aromatic carbocycles. The summed E-state index contributed by atoms with van der Waals surface area (Å²) in [5.41, 5.74) is 1.13. The molecule has 108 valence electrons. The Balaban J connectivity index is 2.37. The molecule has 0 atom stereocenters. The highest BCUT2D eigenvalue weighted by molar-refractivity contribution is 7.92. The van der Waals surface area contributed by atoms with Crippen molar-refractivity contribution < 1.29 is 8.42 Å². The number of pyridine rings is 1. The van der Waals surface area contributed by atoms with E-state index >= 15 is 0 Å². The fourth-order valence-corrected chi connectivity index (χ4v) is 2.95. The molecular weight excluding hydrogens is 288 g/mol. The average molecular weight is 302 g/mol. The Morgan fingerprint density at radius 3 is 2.81 bits per heavy atom. The molecule has 2 rings (SSSR count). The zero-order valence-electron chi connectivity index (χ0n) is 11.4. The largest absolute Gasteiger partial charge is 0.383 e. The molecule has 0 bridgehead atoms. The lowest BCUT2D eigenvalue weighted by Crippen LogP contribution is -2.17. The fraction of sp³-hybridized carbons (Fsp3) is 0.143. The quantitative estimate of drug-likeness (QED) is 0.882. The normalized spacial score (nSPS) is 10.7. The van der Waals surface area contributed by atoms with E-state index in [2.05, 4.69) is 15.0 Å². The molecule has 0 aliphatic rings. The molecule has 1 heterocycles. The first-order valence-corrected chi connectivity index (χ1v) is 7.77. The zero-order valence-corrected chi connectivity index (χ0v) is 12.2. The highest BCUT2D eigenvalue weighted by atomic mass is 32.2. The number of hydrogen-bond acceptors (Lipinski definition) is 5. The Labute approximate surface area is 123 Å². The van der Waals surface area contributed by atoms with Crippen LogP contribution in [0.2, 0.25) is 0 Å². The van der Waals surface area contributed by atoms with E-state index in [1.165, 1.54) is 12.3 Å². The lowest BCUT2D eigenvalue weighted by molar-refractivity contribution is 0.598. The van der Waals surface area contributed by atoms with Gasteiger partial charge in [-0.25, -0.2) is 4.98 Å². The van der Waals surface area contributed by atoms with Gasteiger partial charge in [-0.05, 0) is 37.3 Å². The van der Waals surface area contributed by atoms with E-state index in [-0.39, 0.29) is 5.03 Å². The molecule has 0 aliphatic heterocycles. The molecule has 0 amide bonds. The van der Waals surface area contributed by atoms with Gasteiger partial charge in [0, 0.05) is 12.7 Å². The number of nitrogens with one attached hydrogen (secondary N) is 2. The van der Waals surface area contributed by atoms with E-state index in [1.54, 1.807) is 30.3 Å². The molecule has 21 heavy (non-hydrogen) atoms. The Bertz CT molecular complexity index is 782. The van der Waals surface area contributed by atoms with Crippen LogP contribution in [0.15, 0.2) is 47.6 Å². The zero-order chi connectivity index (χ0) is 15.3. The van der Waals surface area contributed by atoms with Crippen molar-refractivity contribution in [2.75, 3.05) is 16.6 Å². The van der Waals surface area contributed by atoms with Crippen LogP contribution in [-0.2, 0) is 10.0 Å². The predicted octanol–water partition coefficient (Wildman–Crippen LogP) is 2.19. The molecule has 0 unspecified atom stereocenters. The minimum Gasteiger partial charge on any atom is -0.383 e. The maximum absolute atomic E-state index is 12.4. The van der Waals surface area contributed by atoms with Crippen molar-refractivity contribution in [1.82, 2.24) is 4.98 Å². The first-order valence-electron chi connectivity index (χ1n) is 6.28. The van der Waals surface area contributed by atoms with Crippen LogP contribution in [-0.4, -0.2) is 19.9 Å². The molecule has 2 N–H and O–H groups in total. The van der Waals surface area contributed by atoms with Crippen LogP contribution < -0.4 is 10.0 Å². The number of sulfonamides is 1. The van der Waals surface area contributed by atoms with Crippen LogP contribution in [0.1, 0.15) is 12.5 Å². The minimum atomic E-state index is -3.82. The van der Waals surface area contributed by atoms with Crippen molar-refractivity contribution in [3.8, 4) is 6.07 Å². The van der Waals surface area contributed by atoms with Crippen LogP contribution in [0, 0.1) is 11.3 Å². The average Bonchev–Trinajstić information content (AvgIpc) is 2.48. The molecule has 0 radical (unpaired) electrons. The lowest BCUT2D eigenvalue weighted by Gasteiger charge is -2.11. The number of nitrogens with zero attached hydrogens (tertiary/aromatic N) is 2. The number of rotatable bonds is 5. The van der Waals surface area contributed by atoms with Crippen LogP contribution in [0.25, 0.3) is 0 Å². The van der Waals surface area contributed by atoms with E-state index in [9.17, 15) is 8.42 Å². The van der Waals surface area contributed by atoms with Crippen molar-refractivity contribution in [2.24, 2.45) is 0 Å². The van der Waals surface area contributed by atoms with E-state index in [0.29, 0.717) is 23.5 Å². The molecule has 6 nitrogen and oxygen atoms in total. The Morgan fingerprint density at radius 2 is 2.10 bits per heavy atom. The highest BCUT2D eigenvalue weighted by Crippen LogP contribution is 2.21. The second-order valence-corrected chi connectivity index (χ2v) is 5.78. The summed E-state index contributed by atoms with van der Waals surface area (Å²) in [4.78, 5) is 3.93. The predicted molar refractivity (Wildman–Crippen MR) is 80.4 cm³/mol. The van der Waals surface area contributed by atoms with Crippen molar-refractivity contribution in [3.63, 3.8) is 0 Å². The monoisotopic (exact) mass is 302 g/mol. The van der Waals surface area contributed by atoms with Gasteiger partial charge in [-0.3, -0.25) is 4.72 Å². The van der Waals surface area contributed by atoms with E-state index in [4.69, 9.17) is 5.26 Å². The molecule has 7 heteroatoms. The second-order valence-electron chi connectivity index (χ2n) is 4.18. The van der Waals surface area contributed by atoms with Gasteiger partial charge in [-0.1, -0.05) is 6.07 Å². The molecule has 0 spiro atoms. The number of benzene rings is 1. The summed E-state index contributed by atoms with van der Waals surface area (Å²) in [6.45, 7) is 2.45. The Hall–Kier alpha value is -2.59. The van der Waals surface area contributed by atoms with Crippen LogP contribution in [0.3, 0.4) is 0 Å². The second kappa shape index (κ2) is 6.24. The third kappa shape index (κ3) is 3.49. The van der Waals surface area contributed by atoms with Crippen molar-refractivity contribution in [1.29, 1.82) is 5.26 Å². The lowest BCUT2D eigenvalue weighted by atomic mass is 10.2. The van der Waals surface area contributed by atoms with Gasteiger partial charge in [0.25, 0.3) is 10.0 Å². The summed E-state index contributed by atoms with van der Waals surface area (Å²) < 4.78 is 27.2. The smallest absolute Gasteiger partial charge is 0.281 e. The van der Waals surface area contributed by atoms with Crippen LogP contribution in [0.4, 0.5) is 11.4 Å². The molecular formula is C14H14N4O2S. The van der Waals surface area contributed by atoms with Gasteiger partial charge in [0.2, 0.25) is 0 Å². The molecule has 1 aromatic heterocycles. The summed E-state index contributed by atoms with van der Waals surface area (Å²) >= 11 is 0. The SMILES string of the molecule is CCNc1cccnc1S(=O)(=O)Nc1cccc(C#N)c1. The minimum absolute atomic E-state index is 0.0748. The number of nitriles is 1.